The van der Waals surface area contributed by atoms with Gasteiger partial charge in [0.05, 0.1) is 12.1 Å². The number of anilines is 1. The molecule has 0 saturated heterocycles. The van der Waals surface area contributed by atoms with Crippen molar-refractivity contribution in [3.05, 3.63) is 71.3 Å². The molecule has 1 N–H and O–H groups in total. The molecule has 24 heavy (non-hydrogen) atoms. The standard InChI is InChI=1S/C21H24N2O/c1-14-18-12-8-9-13-19(18)23(4)16(3)20(14)21(24)22-15(2)17-10-6-5-7-11-17/h5-13,15-16H,1-4H3,(H,22,24)/t15-,16+/m0/s1. The molecular formula is C21H24N2O. The molecule has 2 aromatic carbocycles. The molecule has 1 amide bonds. The molecule has 3 nitrogen and oxygen atoms in total. The summed E-state index contributed by atoms with van der Waals surface area (Å²) in [6.45, 7) is 6.15. The van der Waals surface area contributed by atoms with Crippen molar-refractivity contribution < 1.29 is 4.79 Å². The Balaban J connectivity index is 1.91. The topological polar surface area (TPSA) is 32.3 Å². The van der Waals surface area contributed by atoms with Gasteiger partial charge in [-0.15, -0.1) is 0 Å². The summed E-state index contributed by atoms with van der Waals surface area (Å²) in [7, 11) is 2.05. The van der Waals surface area contributed by atoms with Gasteiger partial charge in [-0.25, -0.2) is 0 Å². The molecule has 0 fully saturated rings. The van der Waals surface area contributed by atoms with E-state index in [-0.39, 0.29) is 18.0 Å². The van der Waals surface area contributed by atoms with Crippen molar-refractivity contribution in [2.45, 2.75) is 32.9 Å². The summed E-state index contributed by atoms with van der Waals surface area (Å²) in [6.07, 6.45) is 0. The number of likely N-dealkylation sites (N-methyl/N-ethyl adjacent to an activating group) is 1. The molecule has 0 bridgehead atoms. The lowest BCUT2D eigenvalue weighted by atomic mass is 9.89. The molecule has 0 radical (unpaired) electrons. The molecule has 2 aromatic rings. The predicted octanol–water partition coefficient (Wildman–Crippen LogP) is 4.18. The summed E-state index contributed by atoms with van der Waals surface area (Å²) in [5.41, 5.74) is 5.33. The van der Waals surface area contributed by atoms with Gasteiger partial charge in [0.15, 0.2) is 0 Å². The van der Waals surface area contributed by atoms with E-state index in [9.17, 15) is 4.79 Å². The average Bonchev–Trinajstić information content (AvgIpc) is 2.60. The number of allylic oxidation sites excluding steroid dienone is 1. The van der Waals surface area contributed by atoms with Gasteiger partial charge in [0.2, 0.25) is 5.91 Å². The van der Waals surface area contributed by atoms with Crippen LogP contribution in [-0.2, 0) is 4.79 Å². The largest absolute Gasteiger partial charge is 0.367 e. The van der Waals surface area contributed by atoms with Gasteiger partial charge in [-0.2, -0.15) is 0 Å². The second kappa shape index (κ2) is 6.52. The summed E-state index contributed by atoms with van der Waals surface area (Å²) in [5, 5.41) is 3.15. The van der Waals surface area contributed by atoms with Crippen molar-refractivity contribution in [3.63, 3.8) is 0 Å². The zero-order chi connectivity index (χ0) is 17.3. The van der Waals surface area contributed by atoms with Crippen LogP contribution >= 0.6 is 0 Å². The maximum absolute atomic E-state index is 13.0. The fourth-order valence-electron chi connectivity index (χ4n) is 3.42. The van der Waals surface area contributed by atoms with E-state index in [1.165, 1.54) is 5.69 Å². The molecule has 3 rings (SSSR count). The molecule has 2 atom stereocenters. The Kier molecular flexibility index (Phi) is 4.43. The highest BCUT2D eigenvalue weighted by atomic mass is 16.1. The number of fused-ring (bicyclic) bond motifs is 1. The lowest BCUT2D eigenvalue weighted by molar-refractivity contribution is -0.118. The molecule has 1 aliphatic heterocycles. The minimum Gasteiger partial charge on any atom is -0.367 e. The van der Waals surface area contributed by atoms with E-state index in [4.69, 9.17) is 0 Å². The van der Waals surface area contributed by atoms with Crippen molar-refractivity contribution in [2.24, 2.45) is 0 Å². The van der Waals surface area contributed by atoms with E-state index in [2.05, 4.69) is 29.3 Å². The van der Waals surface area contributed by atoms with Gasteiger partial charge in [0.1, 0.15) is 0 Å². The molecule has 0 aromatic heterocycles. The summed E-state index contributed by atoms with van der Waals surface area (Å²) >= 11 is 0. The van der Waals surface area contributed by atoms with Gasteiger partial charge in [0.25, 0.3) is 0 Å². The lowest BCUT2D eigenvalue weighted by Crippen LogP contribution is -2.41. The first-order valence-electron chi connectivity index (χ1n) is 8.39. The molecule has 0 spiro atoms. The molecule has 1 aliphatic rings. The number of nitrogens with one attached hydrogen (secondary N) is 1. The number of hydrogen-bond acceptors (Lipinski definition) is 2. The monoisotopic (exact) mass is 320 g/mol. The second-order valence-corrected chi connectivity index (χ2v) is 6.45. The van der Waals surface area contributed by atoms with Crippen molar-refractivity contribution in [2.75, 3.05) is 11.9 Å². The van der Waals surface area contributed by atoms with Gasteiger partial charge in [-0.3, -0.25) is 4.79 Å². The number of hydrogen-bond donors (Lipinski definition) is 1. The second-order valence-electron chi connectivity index (χ2n) is 6.45. The maximum Gasteiger partial charge on any atom is 0.250 e. The number of nitrogens with zero attached hydrogens (tertiary/aromatic N) is 1. The van der Waals surface area contributed by atoms with E-state index in [0.29, 0.717) is 0 Å². The van der Waals surface area contributed by atoms with E-state index in [0.717, 1.165) is 22.3 Å². The number of carbonyl (C=O) groups is 1. The Morgan fingerprint density at radius 3 is 2.42 bits per heavy atom. The van der Waals surface area contributed by atoms with Crippen LogP contribution in [0.1, 0.15) is 37.9 Å². The van der Waals surface area contributed by atoms with Crippen LogP contribution in [0, 0.1) is 0 Å². The van der Waals surface area contributed by atoms with Gasteiger partial charge < -0.3 is 10.2 Å². The zero-order valence-electron chi connectivity index (χ0n) is 14.7. The average molecular weight is 320 g/mol. The Labute approximate surface area is 144 Å². The third-order valence-corrected chi connectivity index (χ3v) is 4.98. The lowest BCUT2D eigenvalue weighted by Gasteiger charge is -2.36. The molecular weight excluding hydrogens is 296 g/mol. The third-order valence-electron chi connectivity index (χ3n) is 4.98. The van der Waals surface area contributed by atoms with Crippen LogP contribution in [0.15, 0.2) is 60.2 Å². The predicted molar refractivity (Wildman–Crippen MR) is 99.9 cm³/mol. The fourth-order valence-corrected chi connectivity index (χ4v) is 3.42. The third kappa shape index (κ3) is 2.82. The van der Waals surface area contributed by atoms with E-state index in [1.807, 2.05) is 63.4 Å². The fraction of sp³-hybridized carbons (Fsp3) is 0.286. The van der Waals surface area contributed by atoms with Crippen LogP contribution in [-0.4, -0.2) is 19.0 Å². The highest BCUT2D eigenvalue weighted by Gasteiger charge is 2.30. The summed E-state index contributed by atoms with van der Waals surface area (Å²) in [6, 6.07) is 18.3. The molecule has 0 saturated carbocycles. The summed E-state index contributed by atoms with van der Waals surface area (Å²) in [4.78, 5) is 15.1. The van der Waals surface area contributed by atoms with E-state index < -0.39 is 0 Å². The van der Waals surface area contributed by atoms with Crippen LogP contribution in [0.4, 0.5) is 5.69 Å². The smallest absolute Gasteiger partial charge is 0.250 e. The first kappa shape index (κ1) is 16.3. The van der Waals surface area contributed by atoms with E-state index in [1.54, 1.807) is 0 Å². The van der Waals surface area contributed by atoms with Crippen molar-refractivity contribution in [1.82, 2.24) is 5.32 Å². The first-order chi connectivity index (χ1) is 11.5. The SMILES string of the molecule is CC1=C(C(=O)N[C@@H](C)c2ccccc2)[C@@H](C)N(C)c2ccccc21. The highest BCUT2D eigenvalue weighted by molar-refractivity contribution is 6.05. The van der Waals surface area contributed by atoms with E-state index >= 15 is 0 Å². The summed E-state index contributed by atoms with van der Waals surface area (Å²) < 4.78 is 0. The number of carbonyl (C=O) groups excluding carboxylic acids is 1. The number of rotatable bonds is 3. The highest BCUT2D eigenvalue weighted by Crippen LogP contribution is 2.37. The number of amides is 1. The zero-order valence-corrected chi connectivity index (χ0v) is 14.7. The molecule has 3 heteroatoms. The Hall–Kier alpha value is -2.55. The number of para-hydroxylation sites is 1. The van der Waals surface area contributed by atoms with Crippen LogP contribution in [0.2, 0.25) is 0 Å². The minimum atomic E-state index is -0.0197. The number of benzene rings is 2. The van der Waals surface area contributed by atoms with Gasteiger partial charge in [0, 0.05) is 23.9 Å². The van der Waals surface area contributed by atoms with Crippen molar-refractivity contribution >= 4 is 17.2 Å². The Morgan fingerprint density at radius 2 is 1.71 bits per heavy atom. The molecule has 0 aliphatic carbocycles. The van der Waals surface area contributed by atoms with Gasteiger partial charge >= 0.3 is 0 Å². The molecule has 1 heterocycles. The van der Waals surface area contributed by atoms with Crippen molar-refractivity contribution in [1.29, 1.82) is 0 Å². The first-order valence-corrected chi connectivity index (χ1v) is 8.39. The van der Waals surface area contributed by atoms with Gasteiger partial charge in [-0.1, -0.05) is 48.5 Å². The maximum atomic E-state index is 13.0. The quantitative estimate of drug-likeness (QED) is 0.920. The van der Waals surface area contributed by atoms with Crippen LogP contribution < -0.4 is 10.2 Å². The van der Waals surface area contributed by atoms with Crippen LogP contribution in [0.5, 0.6) is 0 Å². The molecule has 0 unspecified atom stereocenters. The normalized spacial score (nSPS) is 18.2. The Morgan fingerprint density at radius 1 is 1.08 bits per heavy atom. The Bertz CT molecular complexity index is 779. The summed E-state index contributed by atoms with van der Waals surface area (Å²) in [5.74, 6) is 0.0118. The van der Waals surface area contributed by atoms with Gasteiger partial charge in [-0.05, 0) is 38.0 Å². The van der Waals surface area contributed by atoms with Crippen molar-refractivity contribution in [3.8, 4) is 0 Å². The van der Waals surface area contributed by atoms with Crippen LogP contribution in [0.25, 0.3) is 5.57 Å². The molecule has 124 valence electrons. The van der Waals surface area contributed by atoms with Crippen LogP contribution in [0.3, 0.4) is 0 Å². The minimum absolute atomic E-state index is 0.0118.